The summed E-state index contributed by atoms with van der Waals surface area (Å²) in [6.07, 6.45) is 3.56. The maximum atomic E-state index is 12.3. The first-order valence-corrected chi connectivity index (χ1v) is 6.87. The van der Waals surface area contributed by atoms with Crippen LogP contribution in [0.4, 0.5) is 0 Å². The second-order valence-electron chi connectivity index (χ2n) is 5.08. The van der Waals surface area contributed by atoms with Crippen molar-refractivity contribution in [3.8, 4) is 0 Å². The lowest BCUT2D eigenvalue weighted by Crippen LogP contribution is -2.37. The van der Waals surface area contributed by atoms with Crippen LogP contribution in [0.2, 0.25) is 0 Å². The molecule has 2 N–H and O–H groups in total. The number of nitrogens with zero attached hydrogens (tertiary/aromatic N) is 1. The molecule has 0 aromatic heterocycles. The van der Waals surface area contributed by atoms with Crippen molar-refractivity contribution in [3.63, 3.8) is 0 Å². The molecule has 0 saturated carbocycles. The van der Waals surface area contributed by atoms with Gasteiger partial charge in [-0.15, -0.1) is 12.4 Å². The van der Waals surface area contributed by atoms with E-state index in [1.807, 2.05) is 31.3 Å². The van der Waals surface area contributed by atoms with Gasteiger partial charge in [-0.05, 0) is 37.0 Å². The van der Waals surface area contributed by atoms with Crippen LogP contribution in [0.1, 0.15) is 35.2 Å². The summed E-state index contributed by atoms with van der Waals surface area (Å²) in [7, 11) is 1.83. The van der Waals surface area contributed by atoms with Crippen molar-refractivity contribution in [3.05, 3.63) is 35.4 Å². The van der Waals surface area contributed by atoms with Crippen molar-refractivity contribution in [2.45, 2.75) is 31.9 Å². The van der Waals surface area contributed by atoms with E-state index in [4.69, 9.17) is 10.5 Å². The highest BCUT2D eigenvalue weighted by Crippen LogP contribution is 2.14. The van der Waals surface area contributed by atoms with Gasteiger partial charge in [0.15, 0.2) is 0 Å². The van der Waals surface area contributed by atoms with Gasteiger partial charge in [0, 0.05) is 32.3 Å². The Morgan fingerprint density at radius 1 is 1.35 bits per heavy atom. The second kappa shape index (κ2) is 8.25. The molecule has 1 heterocycles. The number of carbonyl (C=O) groups excluding carboxylic acids is 1. The molecule has 1 saturated heterocycles. The summed E-state index contributed by atoms with van der Waals surface area (Å²) in [4.78, 5) is 14.0. The molecule has 5 heteroatoms. The van der Waals surface area contributed by atoms with Crippen molar-refractivity contribution in [1.29, 1.82) is 0 Å². The molecular weight excluding hydrogens is 276 g/mol. The standard InChI is InChI=1S/C15H22N2O2.ClH/c1-17(11-14-4-2-3-9-19-14)15(18)13-7-5-12(10-16)6-8-13;/h5-8,14H,2-4,9-11,16H2,1H3;1H. The molecule has 2 rings (SSSR count). The van der Waals surface area contributed by atoms with Crippen LogP contribution in [0, 0.1) is 0 Å². The molecule has 0 radical (unpaired) electrons. The molecule has 4 nitrogen and oxygen atoms in total. The van der Waals surface area contributed by atoms with Crippen molar-refractivity contribution >= 4 is 18.3 Å². The van der Waals surface area contributed by atoms with Crippen LogP contribution in [0.15, 0.2) is 24.3 Å². The predicted molar refractivity (Wildman–Crippen MR) is 82.1 cm³/mol. The highest BCUT2D eigenvalue weighted by atomic mass is 35.5. The summed E-state index contributed by atoms with van der Waals surface area (Å²) >= 11 is 0. The molecule has 1 aliphatic heterocycles. The molecule has 0 spiro atoms. The molecule has 0 bridgehead atoms. The third kappa shape index (κ3) is 4.47. The Labute approximate surface area is 126 Å². The molecular formula is C15H23ClN2O2. The van der Waals surface area contributed by atoms with E-state index in [0.717, 1.165) is 25.0 Å². The highest BCUT2D eigenvalue weighted by Gasteiger charge is 2.19. The van der Waals surface area contributed by atoms with Crippen LogP contribution in [0.5, 0.6) is 0 Å². The van der Waals surface area contributed by atoms with Crippen LogP contribution >= 0.6 is 12.4 Å². The van der Waals surface area contributed by atoms with E-state index >= 15 is 0 Å². The maximum Gasteiger partial charge on any atom is 0.253 e. The summed E-state index contributed by atoms with van der Waals surface area (Å²) in [5.41, 5.74) is 7.29. The number of carbonyl (C=O) groups is 1. The van der Waals surface area contributed by atoms with Gasteiger partial charge in [0.05, 0.1) is 6.10 Å². The van der Waals surface area contributed by atoms with E-state index in [9.17, 15) is 4.79 Å². The number of hydrogen-bond acceptors (Lipinski definition) is 3. The van der Waals surface area contributed by atoms with Crippen LogP contribution in [-0.4, -0.2) is 37.1 Å². The minimum atomic E-state index is 0. The number of amides is 1. The van der Waals surface area contributed by atoms with Gasteiger partial charge in [-0.25, -0.2) is 0 Å². The predicted octanol–water partition coefficient (Wildman–Crippen LogP) is 2.21. The summed E-state index contributed by atoms with van der Waals surface area (Å²) < 4.78 is 5.66. The number of halogens is 1. The van der Waals surface area contributed by atoms with E-state index in [-0.39, 0.29) is 24.4 Å². The van der Waals surface area contributed by atoms with Gasteiger partial charge in [0.1, 0.15) is 0 Å². The molecule has 0 aliphatic carbocycles. The molecule has 1 aliphatic rings. The summed E-state index contributed by atoms with van der Waals surface area (Å²) in [6.45, 7) is 1.98. The van der Waals surface area contributed by atoms with Gasteiger partial charge in [-0.3, -0.25) is 4.79 Å². The number of likely N-dealkylation sites (N-methyl/N-ethyl adjacent to an activating group) is 1. The van der Waals surface area contributed by atoms with E-state index in [1.165, 1.54) is 6.42 Å². The summed E-state index contributed by atoms with van der Waals surface area (Å²) in [5.74, 6) is 0.0396. The first-order chi connectivity index (χ1) is 9.20. The molecule has 112 valence electrons. The monoisotopic (exact) mass is 298 g/mol. The van der Waals surface area contributed by atoms with Gasteiger partial charge in [-0.1, -0.05) is 12.1 Å². The molecule has 1 fully saturated rings. The number of nitrogens with two attached hydrogens (primary N) is 1. The number of hydrogen-bond donors (Lipinski definition) is 1. The Balaban J connectivity index is 0.00000200. The zero-order valence-electron chi connectivity index (χ0n) is 11.9. The first-order valence-electron chi connectivity index (χ1n) is 6.87. The van der Waals surface area contributed by atoms with Gasteiger partial charge in [0.25, 0.3) is 5.91 Å². The fourth-order valence-corrected chi connectivity index (χ4v) is 2.34. The van der Waals surface area contributed by atoms with Crippen molar-refractivity contribution in [1.82, 2.24) is 4.90 Å². The minimum Gasteiger partial charge on any atom is -0.376 e. The smallest absolute Gasteiger partial charge is 0.253 e. The highest BCUT2D eigenvalue weighted by molar-refractivity contribution is 5.94. The van der Waals surface area contributed by atoms with E-state index < -0.39 is 0 Å². The fraction of sp³-hybridized carbons (Fsp3) is 0.533. The largest absolute Gasteiger partial charge is 0.376 e. The Morgan fingerprint density at radius 2 is 2.05 bits per heavy atom. The van der Waals surface area contributed by atoms with E-state index in [0.29, 0.717) is 18.7 Å². The van der Waals surface area contributed by atoms with Gasteiger partial charge >= 0.3 is 0 Å². The van der Waals surface area contributed by atoms with Crippen LogP contribution in [0.3, 0.4) is 0 Å². The number of rotatable bonds is 4. The second-order valence-corrected chi connectivity index (χ2v) is 5.08. The first kappa shape index (κ1) is 17.0. The third-order valence-corrected chi connectivity index (χ3v) is 3.53. The quantitative estimate of drug-likeness (QED) is 0.927. The fourth-order valence-electron chi connectivity index (χ4n) is 2.34. The topological polar surface area (TPSA) is 55.6 Å². The third-order valence-electron chi connectivity index (χ3n) is 3.53. The average Bonchev–Trinajstić information content (AvgIpc) is 2.47. The summed E-state index contributed by atoms with van der Waals surface area (Å²) in [5, 5.41) is 0. The molecule has 1 atom stereocenters. The normalized spacial score (nSPS) is 18.2. The lowest BCUT2D eigenvalue weighted by molar-refractivity contribution is -0.000187. The number of benzene rings is 1. The SMILES string of the molecule is CN(CC1CCCCO1)C(=O)c1ccc(CN)cc1.Cl. The van der Waals surface area contributed by atoms with Crippen LogP contribution in [-0.2, 0) is 11.3 Å². The molecule has 1 amide bonds. The lowest BCUT2D eigenvalue weighted by Gasteiger charge is -2.27. The lowest BCUT2D eigenvalue weighted by atomic mass is 10.1. The van der Waals surface area contributed by atoms with Crippen LogP contribution < -0.4 is 5.73 Å². The van der Waals surface area contributed by atoms with Gasteiger partial charge in [0.2, 0.25) is 0 Å². The zero-order chi connectivity index (χ0) is 13.7. The molecule has 1 unspecified atom stereocenters. The van der Waals surface area contributed by atoms with Crippen molar-refractivity contribution < 1.29 is 9.53 Å². The van der Waals surface area contributed by atoms with Gasteiger partial charge < -0.3 is 15.4 Å². The van der Waals surface area contributed by atoms with Crippen LogP contribution in [0.25, 0.3) is 0 Å². The Kier molecular flexibility index (Phi) is 6.99. The zero-order valence-corrected chi connectivity index (χ0v) is 12.7. The molecule has 1 aromatic carbocycles. The van der Waals surface area contributed by atoms with Crippen molar-refractivity contribution in [2.24, 2.45) is 5.73 Å². The summed E-state index contributed by atoms with van der Waals surface area (Å²) in [6, 6.07) is 7.47. The van der Waals surface area contributed by atoms with E-state index in [1.54, 1.807) is 4.90 Å². The Bertz CT molecular complexity index is 416. The van der Waals surface area contributed by atoms with E-state index in [2.05, 4.69) is 0 Å². The average molecular weight is 299 g/mol. The van der Waals surface area contributed by atoms with Gasteiger partial charge in [-0.2, -0.15) is 0 Å². The molecule has 20 heavy (non-hydrogen) atoms. The number of ether oxygens (including phenoxy) is 1. The van der Waals surface area contributed by atoms with Crippen molar-refractivity contribution in [2.75, 3.05) is 20.2 Å². The minimum absolute atomic E-state index is 0. The maximum absolute atomic E-state index is 12.3. The Hall–Kier alpha value is -1.10. The Morgan fingerprint density at radius 3 is 2.60 bits per heavy atom. The molecule has 1 aromatic rings.